The first kappa shape index (κ1) is 25.0. The van der Waals surface area contributed by atoms with Crippen LogP contribution in [-0.2, 0) is 9.59 Å². The van der Waals surface area contributed by atoms with Gasteiger partial charge in [-0.2, -0.15) is 0 Å². The Kier molecular flexibility index (Phi) is 7.41. The zero-order valence-electron chi connectivity index (χ0n) is 20.1. The first-order valence-corrected chi connectivity index (χ1v) is 11.9. The van der Waals surface area contributed by atoms with Crippen molar-refractivity contribution in [3.63, 3.8) is 0 Å². The van der Waals surface area contributed by atoms with Gasteiger partial charge in [-0.25, -0.2) is 9.69 Å². The fraction of sp³-hybridized carbons (Fsp3) is 0.179. The predicted molar refractivity (Wildman–Crippen MR) is 139 cm³/mol. The molecule has 0 radical (unpaired) electrons. The van der Waals surface area contributed by atoms with Crippen molar-refractivity contribution in [1.82, 2.24) is 0 Å². The van der Waals surface area contributed by atoms with Gasteiger partial charge in [-0.15, -0.1) is 0 Å². The van der Waals surface area contributed by atoms with Crippen molar-refractivity contribution in [2.45, 2.75) is 26.7 Å². The van der Waals surface area contributed by atoms with E-state index in [1.807, 2.05) is 25.1 Å². The number of hydrogen-bond donors (Lipinski definition) is 1. The Hall–Kier alpha value is -4.10. The Balaban J connectivity index is 1.48. The van der Waals surface area contributed by atoms with Crippen molar-refractivity contribution in [2.75, 3.05) is 16.8 Å². The predicted octanol–water partition coefficient (Wildman–Crippen LogP) is 5.86. The first-order chi connectivity index (χ1) is 17.3. The highest BCUT2D eigenvalue weighted by Gasteiger charge is 2.40. The number of ether oxygens (including phenoxy) is 2. The van der Waals surface area contributed by atoms with E-state index >= 15 is 0 Å². The molecule has 1 aliphatic heterocycles. The van der Waals surface area contributed by atoms with Gasteiger partial charge in [0.25, 0.3) is 11.8 Å². The third-order valence-electron chi connectivity index (χ3n) is 5.56. The molecule has 0 saturated heterocycles. The van der Waals surface area contributed by atoms with Crippen LogP contribution in [0.5, 0.6) is 11.5 Å². The summed E-state index contributed by atoms with van der Waals surface area (Å²) in [6.07, 6.45) is 0. The lowest BCUT2D eigenvalue weighted by molar-refractivity contribution is -0.120. The van der Waals surface area contributed by atoms with Crippen LogP contribution in [0.15, 0.2) is 83.5 Å². The smallest absolute Gasteiger partial charge is 0.343 e. The molecule has 1 heterocycles. The normalized spacial score (nSPS) is 13.4. The average molecular weight is 505 g/mol. The van der Waals surface area contributed by atoms with Gasteiger partial charge in [-0.3, -0.25) is 9.59 Å². The summed E-state index contributed by atoms with van der Waals surface area (Å²) in [6.45, 7) is 6.31. The summed E-state index contributed by atoms with van der Waals surface area (Å²) >= 11 is 6.24. The monoisotopic (exact) mass is 504 g/mol. The molecule has 0 unspecified atom stereocenters. The molecule has 8 heteroatoms. The molecule has 0 saturated carbocycles. The zero-order chi connectivity index (χ0) is 25.8. The standard InChI is InChI=1S/C28H25ClN2O5/c1-4-35-23-11-6-5-10-22(23)31-26(32)24(29)25(27(31)33)30-20-14-12-18(13-15-20)28(34)36-21-9-7-8-19(16-21)17(2)3/h5-17,30H,4H2,1-3H3. The minimum atomic E-state index is -0.653. The van der Waals surface area contributed by atoms with Crippen molar-refractivity contribution in [3.05, 3.63) is 94.7 Å². The van der Waals surface area contributed by atoms with E-state index in [4.69, 9.17) is 21.1 Å². The van der Waals surface area contributed by atoms with Crippen molar-refractivity contribution in [3.8, 4) is 11.5 Å². The van der Waals surface area contributed by atoms with E-state index < -0.39 is 17.8 Å². The van der Waals surface area contributed by atoms with Gasteiger partial charge in [0.05, 0.1) is 17.9 Å². The van der Waals surface area contributed by atoms with E-state index in [0.29, 0.717) is 41.0 Å². The largest absolute Gasteiger partial charge is 0.492 e. The SMILES string of the molecule is CCOc1ccccc1N1C(=O)C(Cl)=C(Nc2ccc(C(=O)Oc3cccc(C(C)C)c3)cc2)C1=O. The fourth-order valence-electron chi connectivity index (χ4n) is 3.69. The number of anilines is 2. The first-order valence-electron chi connectivity index (χ1n) is 11.5. The van der Waals surface area contributed by atoms with E-state index in [9.17, 15) is 14.4 Å². The van der Waals surface area contributed by atoms with Crippen LogP contribution in [0.25, 0.3) is 0 Å². The molecule has 2 amide bonds. The van der Waals surface area contributed by atoms with E-state index in [-0.39, 0.29) is 10.7 Å². The molecular weight excluding hydrogens is 480 g/mol. The number of amides is 2. The lowest BCUT2D eigenvalue weighted by Crippen LogP contribution is -2.32. The van der Waals surface area contributed by atoms with Crippen molar-refractivity contribution in [1.29, 1.82) is 0 Å². The van der Waals surface area contributed by atoms with Crippen molar-refractivity contribution in [2.24, 2.45) is 0 Å². The van der Waals surface area contributed by atoms with Gasteiger partial charge in [-0.1, -0.05) is 49.7 Å². The van der Waals surface area contributed by atoms with Crippen LogP contribution in [-0.4, -0.2) is 24.4 Å². The summed E-state index contributed by atoms with van der Waals surface area (Å²) in [5.41, 5.74) is 2.12. The third-order valence-corrected chi connectivity index (χ3v) is 5.91. The number of para-hydroxylation sites is 2. The van der Waals surface area contributed by atoms with Crippen LogP contribution in [0.4, 0.5) is 11.4 Å². The van der Waals surface area contributed by atoms with Crippen LogP contribution in [0.1, 0.15) is 42.6 Å². The highest BCUT2D eigenvalue weighted by Crippen LogP contribution is 2.35. The Labute approximate surface area is 214 Å². The quantitative estimate of drug-likeness (QED) is 0.235. The maximum absolute atomic E-state index is 13.1. The van der Waals surface area contributed by atoms with Gasteiger partial charge in [0, 0.05) is 5.69 Å². The summed E-state index contributed by atoms with van der Waals surface area (Å²) in [5, 5.41) is 2.66. The molecule has 0 spiro atoms. The second-order valence-electron chi connectivity index (χ2n) is 8.35. The van der Waals surface area contributed by atoms with Gasteiger partial charge in [0.2, 0.25) is 0 Å². The Morgan fingerprint density at radius 3 is 2.39 bits per heavy atom. The highest BCUT2D eigenvalue weighted by atomic mass is 35.5. The molecule has 0 atom stereocenters. The molecule has 0 fully saturated rings. The molecule has 184 valence electrons. The van der Waals surface area contributed by atoms with E-state index in [2.05, 4.69) is 19.2 Å². The average Bonchev–Trinajstić information content (AvgIpc) is 3.08. The Morgan fingerprint density at radius 2 is 1.69 bits per heavy atom. The maximum atomic E-state index is 13.1. The topological polar surface area (TPSA) is 84.9 Å². The number of nitrogens with one attached hydrogen (secondary N) is 1. The minimum Gasteiger partial charge on any atom is -0.492 e. The number of rotatable bonds is 8. The van der Waals surface area contributed by atoms with E-state index in [0.717, 1.165) is 10.5 Å². The summed E-state index contributed by atoms with van der Waals surface area (Å²) in [5.74, 6) is -0.595. The van der Waals surface area contributed by atoms with Gasteiger partial charge in [-0.05, 0) is 66.9 Å². The maximum Gasteiger partial charge on any atom is 0.343 e. The van der Waals surface area contributed by atoms with Crippen LogP contribution in [0.3, 0.4) is 0 Å². The zero-order valence-corrected chi connectivity index (χ0v) is 20.8. The number of carbonyl (C=O) groups is 3. The second kappa shape index (κ2) is 10.7. The van der Waals surface area contributed by atoms with Gasteiger partial charge < -0.3 is 14.8 Å². The molecule has 0 aliphatic carbocycles. The Morgan fingerprint density at radius 1 is 0.972 bits per heavy atom. The summed E-state index contributed by atoms with van der Waals surface area (Å²) in [7, 11) is 0. The van der Waals surface area contributed by atoms with Crippen LogP contribution < -0.4 is 19.7 Å². The molecule has 1 N–H and O–H groups in total. The van der Waals surface area contributed by atoms with Crippen LogP contribution in [0.2, 0.25) is 0 Å². The molecular formula is C28H25ClN2O5. The Bertz CT molecular complexity index is 1350. The molecule has 0 aromatic heterocycles. The summed E-state index contributed by atoms with van der Waals surface area (Å²) in [4.78, 5) is 39.5. The minimum absolute atomic E-state index is 0.0613. The number of carbonyl (C=O) groups excluding carboxylic acids is 3. The molecule has 36 heavy (non-hydrogen) atoms. The van der Waals surface area contributed by atoms with E-state index in [1.165, 1.54) is 0 Å². The van der Waals surface area contributed by atoms with Crippen molar-refractivity contribution < 1.29 is 23.9 Å². The van der Waals surface area contributed by atoms with Crippen LogP contribution in [0, 0.1) is 0 Å². The number of halogens is 1. The number of benzene rings is 3. The molecule has 3 aromatic carbocycles. The molecule has 1 aliphatic rings. The van der Waals surface area contributed by atoms with Gasteiger partial charge in [0.15, 0.2) is 0 Å². The second-order valence-corrected chi connectivity index (χ2v) is 8.73. The van der Waals surface area contributed by atoms with Gasteiger partial charge >= 0.3 is 5.97 Å². The molecule has 0 bridgehead atoms. The number of nitrogens with zero attached hydrogens (tertiary/aromatic N) is 1. The third kappa shape index (κ3) is 5.11. The molecule has 4 rings (SSSR count). The number of imide groups is 1. The van der Waals surface area contributed by atoms with Gasteiger partial charge in [0.1, 0.15) is 22.2 Å². The lowest BCUT2D eigenvalue weighted by atomic mass is 10.0. The highest BCUT2D eigenvalue weighted by molar-refractivity contribution is 6.53. The number of esters is 1. The molecule has 3 aromatic rings. The van der Waals surface area contributed by atoms with Crippen LogP contribution >= 0.6 is 11.6 Å². The van der Waals surface area contributed by atoms with Crippen molar-refractivity contribution >= 4 is 40.8 Å². The molecule has 7 nitrogen and oxygen atoms in total. The number of hydrogen-bond acceptors (Lipinski definition) is 6. The summed E-state index contributed by atoms with van der Waals surface area (Å²) < 4.78 is 11.1. The lowest BCUT2D eigenvalue weighted by Gasteiger charge is -2.18. The summed E-state index contributed by atoms with van der Waals surface area (Å²) in [6, 6.07) is 20.5. The van der Waals surface area contributed by atoms with E-state index in [1.54, 1.807) is 54.6 Å². The fourth-order valence-corrected chi connectivity index (χ4v) is 3.90.